The van der Waals surface area contributed by atoms with Crippen LogP contribution in [0.2, 0.25) is 5.02 Å². The minimum atomic E-state index is -0.644. The zero-order valence-corrected chi connectivity index (χ0v) is 19.6. The van der Waals surface area contributed by atoms with Crippen molar-refractivity contribution >= 4 is 80.4 Å². The summed E-state index contributed by atoms with van der Waals surface area (Å²) in [6.07, 6.45) is 3.25. The van der Waals surface area contributed by atoms with E-state index in [0.717, 1.165) is 18.5 Å². The number of carbonyl (C=O) groups excluding carboxylic acids is 1. The monoisotopic (exact) mass is 636 g/mol. The molecule has 2 aromatic rings. The summed E-state index contributed by atoms with van der Waals surface area (Å²) in [7, 11) is 0. The van der Waals surface area contributed by atoms with E-state index in [2.05, 4.69) is 56.8 Å². The van der Waals surface area contributed by atoms with E-state index in [1.54, 1.807) is 12.2 Å². The fraction of sp³-hybridized carbons (Fsp3) is 0.0526. The van der Waals surface area contributed by atoms with Gasteiger partial charge in [0.15, 0.2) is 5.70 Å². The van der Waals surface area contributed by atoms with Gasteiger partial charge in [-0.2, -0.15) is 0 Å². The van der Waals surface area contributed by atoms with Gasteiger partial charge in [-0.05, 0) is 81.1 Å². The molecule has 7 nitrogen and oxygen atoms in total. The zero-order chi connectivity index (χ0) is 21.1. The highest BCUT2D eigenvalue weighted by Gasteiger charge is 2.26. The lowest BCUT2D eigenvalue weighted by Crippen LogP contribution is -2.06. The minimum absolute atomic E-state index is 0.0117. The Balaban J connectivity index is 1.94. The average molecular weight is 637 g/mol. The summed E-state index contributed by atoms with van der Waals surface area (Å²) in [6.45, 7) is 4.02. The van der Waals surface area contributed by atoms with E-state index in [1.165, 1.54) is 18.2 Å². The first kappa shape index (κ1) is 21.7. The molecule has 0 amide bonds. The van der Waals surface area contributed by atoms with Gasteiger partial charge in [0.1, 0.15) is 17.4 Å². The molecule has 0 saturated carbocycles. The van der Waals surface area contributed by atoms with Crippen molar-refractivity contribution in [3.8, 4) is 5.75 Å². The van der Waals surface area contributed by atoms with Crippen LogP contribution in [0.15, 0.2) is 53.7 Å². The minimum Gasteiger partial charge on any atom is -0.487 e. The Kier molecular flexibility index (Phi) is 6.90. The highest BCUT2D eigenvalue weighted by atomic mass is 127. The lowest BCUT2D eigenvalue weighted by molar-refractivity contribution is -0.384. The van der Waals surface area contributed by atoms with E-state index < -0.39 is 10.9 Å². The molecular formula is C19H11ClI2N2O5. The first-order chi connectivity index (χ1) is 13.8. The van der Waals surface area contributed by atoms with Crippen LogP contribution in [0.3, 0.4) is 0 Å². The summed E-state index contributed by atoms with van der Waals surface area (Å²) in [5.74, 6) is 0.0749. The van der Waals surface area contributed by atoms with E-state index >= 15 is 0 Å². The van der Waals surface area contributed by atoms with Crippen molar-refractivity contribution in [1.82, 2.24) is 0 Å². The maximum Gasteiger partial charge on any atom is 0.363 e. The highest BCUT2D eigenvalue weighted by molar-refractivity contribution is 14.1. The van der Waals surface area contributed by atoms with Gasteiger partial charge >= 0.3 is 5.97 Å². The Morgan fingerprint density at radius 1 is 1.28 bits per heavy atom. The lowest BCUT2D eigenvalue weighted by atomic mass is 10.2. The Hall–Kier alpha value is -1.99. The van der Waals surface area contributed by atoms with Gasteiger partial charge in [0, 0.05) is 11.6 Å². The highest BCUT2D eigenvalue weighted by Crippen LogP contribution is 2.31. The number of nitro benzene ring substituents is 1. The van der Waals surface area contributed by atoms with Gasteiger partial charge in [-0.3, -0.25) is 10.1 Å². The SMILES string of the molecule is C=CCOc1c(I)cc(/C=C2\N=C(c3ccc(Cl)c([N+](=O)[O-])c3)OC2=O)cc1I. The van der Waals surface area contributed by atoms with Crippen LogP contribution in [0.1, 0.15) is 11.1 Å². The van der Waals surface area contributed by atoms with Crippen molar-refractivity contribution < 1.29 is 19.2 Å². The topological polar surface area (TPSA) is 91.0 Å². The predicted molar refractivity (Wildman–Crippen MR) is 126 cm³/mol. The number of aliphatic imine (C=N–C) groups is 1. The van der Waals surface area contributed by atoms with Crippen LogP contribution >= 0.6 is 56.8 Å². The van der Waals surface area contributed by atoms with E-state index in [1.807, 2.05) is 12.1 Å². The molecule has 0 radical (unpaired) electrons. The number of hydrogen-bond acceptors (Lipinski definition) is 6. The second-order valence-electron chi connectivity index (χ2n) is 5.67. The third kappa shape index (κ3) is 4.95. The number of benzene rings is 2. The van der Waals surface area contributed by atoms with Crippen molar-refractivity contribution in [2.45, 2.75) is 0 Å². The number of rotatable bonds is 6. The Morgan fingerprint density at radius 3 is 2.59 bits per heavy atom. The molecule has 0 fully saturated rings. The maximum atomic E-state index is 12.2. The second-order valence-corrected chi connectivity index (χ2v) is 8.40. The van der Waals surface area contributed by atoms with Crippen LogP contribution in [-0.2, 0) is 9.53 Å². The third-order valence-electron chi connectivity index (χ3n) is 3.68. The molecular weight excluding hydrogens is 625 g/mol. The van der Waals surface area contributed by atoms with Gasteiger partial charge in [0.2, 0.25) is 5.90 Å². The van der Waals surface area contributed by atoms with Crippen LogP contribution in [-0.4, -0.2) is 23.4 Å². The summed E-state index contributed by atoms with van der Waals surface area (Å²) in [5.41, 5.74) is 0.822. The van der Waals surface area contributed by atoms with Crippen molar-refractivity contribution in [2.75, 3.05) is 6.61 Å². The lowest BCUT2D eigenvalue weighted by Gasteiger charge is -2.09. The molecule has 1 aliphatic rings. The fourth-order valence-electron chi connectivity index (χ4n) is 2.42. The third-order valence-corrected chi connectivity index (χ3v) is 5.60. The molecule has 0 spiro atoms. The van der Waals surface area contributed by atoms with E-state index in [-0.39, 0.29) is 27.9 Å². The molecule has 10 heteroatoms. The molecule has 0 bridgehead atoms. The molecule has 29 heavy (non-hydrogen) atoms. The van der Waals surface area contributed by atoms with Crippen LogP contribution in [0.25, 0.3) is 6.08 Å². The van der Waals surface area contributed by atoms with E-state index in [4.69, 9.17) is 21.1 Å². The van der Waals surface area contributed by atoms with Gasteiger partial charge in [-0.25, -0.2) is 9.79 Å². The number of hydrogen-bond donors (Lipinski definition) is 0. The average Bonchev–Trinajstić information content (AvgIpc) is 3.01. The summed E-state index contributed by atoms with van der Waals surface area (Å²) < 4.78 is 12.6. The Morgan fingerprint density at radius 2 is 1.97 bits per heavy atom. The van der Waals surface area contributed by atoms with Crippen LogP contribution in [0.5, 0.6) is 5.75 Å². The van der Waals surface area contributed by atoms with Crippen molar-refractivity contribution in [3.63, 3.8) is 0 Å². The van der Waals surface area contributed by atoms with Crippen LogP contribution in [0.4, 0.5) is 5.69 Å². The number of ether oxygens (including phenoxy) is 2. The Labute approximate surface area is 197 Å². The first-order valence-corrected chi connectivity index (χ1v) is 10.5. The standard InChI is InChI=1S/C19H11ClI2N2O5/c1-2-5-28-17-13(21)6-10(7-14(17)22)8-15-19(25)29-18(23-15)11-3-4-12(20)16(9-11)24(26)27/h2-4,6-9H,1,5H2/b15-8-. The maximum absolute atomic E-state index is 12.2. The number of nitro groups is 1. The molecule has 0 N–H and O–H groups in total. The summed E-state index contributed by atoms with van der Waals surface area (Å²) in [5, 5.41) is 11.0. The fourth-order valence-corrected chi connectivity index (χ4v) is 4.73. The number of esters is 1. The van der Waals surface area contributed by atoms with Gasteiger partial charge in [-0.15, -0.1) is 0 Å². The molecule has 148 valence electrons. The molecule has 0 saturated heterocycles. The van der Waals surface area contributed by atoms with Gasteiger partial charge in [-0.1, -0.05) is 24.3 Å². The van der Waals surface area contributed by atoms with Crippen LogP contribution < -0.4 is 4.74 Å². The first-order valence-electron chi connectivity index (χ1n) is 7.99. The molecule has 0 aliphatic carbocycles. The number of nitrogens with zero attached hydrogens (tertiary/aromatic N) is 2. The molecule has 1 heterocycles. The molecule has 2 aromatic carbocycles. The van der Waals surface area contributed by atoms with Gasteiger partial charge in [0.05, 0.1) is 12.1 Å². The number of carbonyl (C=O) groups is 1. The summed E-state index contributed by atoms with van der Waals surface area (Å²) in [4.78, 5) is 26.9. The van der Waals surface area contributed by atoms with Gasteiger partial charge in [0.25, 0.3) is 5.69 Å². The van der Waals surface area contributed by atoms with Crippen molar-refractivity contribution in [1.29, 1.82) is 0 Å². The van der Waals surface area contributed by atoms with E-state index in [9.17, 15) is 14.9 Å². The van der Waals surface area contributed by atoms with Gasteiger partial charge < -0.3 is 9.47 Å². The van der Waals surface area contributed by atoms with E-state index in [0.29, 0.717) is 6.61 Å². The quantitative estimate of drug-likeness (QED) is 0.106. The smallest absolute Gasteiger partial charge is 0.363 e. The van der Waals surface area contributed by atoms with Crippen LogP contribution in [0, 0.1) is 17.3 Å². The normalized spacial score (nSPS) is 14.5. The largest absolute Gasteiger partial charge is 0.487 e. The zero-order valence-electron chi connectivity index (χ0n) is 14.5. The molecule has 0 unspecified atom stereocenters. The molecule has 3 rings (SSSR count). The molecule has 0 atom stereocenters. The molecule has 1 aliphatic heterocycles. The number of halogens is 3. The molecule has 0 aromatic heterocycles. The van der Waals surface area contributed by atoms with Crippen molar-refractivity contribution in [3.05, 3.63) is 82.1 Å². The second kappa shape index (κ2) is 9.22. The number of cyclic esters (lactones) is 1. The predicted octanol–water partition coefficient (Wildman–Crippen LogP) is 5.37. The summed E-state index contributed by atoms with van der Waals surface area (Å²) in [6, 6.07) is 7.78. The Bertz CT molecular complexity index is 1070. The summed E-state index contributed by atoms with van der Waals surface area (Å²) >= 11 is 10.1. The van der Waals surface area contributed by atoms with Crippen molar-refractivity contribution in [2.24, 2.45) is 4.99 Å².